The molecule has 0 fully saturated rings. The summed E-state index contributed by atoms with van der Waals surface area (Å²) in [5, 5.41) is 6.44. The lowest BCUT2D eigenvalue weighted by Crippen LogP contribution is -2.13. The number of hydrogen-bond acceptors (Lipinski definition) is 4. The normalized spacial score (nSPS) is 10.9. The first-order chi connectivity index (χ1) is 10.4. The first-order valence-corrected chi connectivity index (χ1v) is 7.99. The molecule has 0 aliphatic carbocycles. The van der Waals surface area contributed by atoms with Crippen LogP contribution in [0.15, 0.2) is 47.8 Å². The van der Waals surface area contributed by atoms with Crippen LogP contribution >= 0.6 is 11.3 Å². The molecule has 1 aromatic carbocycles. The SMILES string of the molecule is CCNCc1cc(OCc2cccs2)c2ccccc2n1. The van der Waals surface area contributed by atoms with Crippen molar-refractivity contribution in [3.05, 3.63) is 58.4 Å². The lowest BCUT2D eigenvalue weighted by Gasteiger charge is -2.11. The van der Waals surface area contributed by atoms with Crippen LogP contribution in [0, 0.1) is 0 Å². The van der Waals surface area contributed by atoms with Crippen molar-refractivity contribution in [3.63, 3.8) is 0 Å². The van der Waals surface area contributed by atoms with Gasteiger partial charge in [0, 0.05) is 22.9 Å². The van der Waals surface area contributed by atoms with Gasteiger partial charge in [-0.25, -0.2) is 0 Å². The average Bonchev–Trinajstić information content (AvgIpc) is 3.04. The fraction of sp³-hybridized carbons (Fsp3) is 0.235. The van der Waals surface area contributed by atoms with Crippen molar-refractivity contribution in [1.29, 1.82) is 0 Å². The van der Waals surface area contributed by atoms with Crippen LogP contribution in [0.3, 0.4) is 0 Å². The van der Waals surface area contributed by atoms with Crippen LogP contribution in [-0.4, -0.2) is 11.5 Å². The molecule has 2 aromatic heterocycles. The van der Waals surface area contributed by atoms with Gasteiger partial charge in [0.2, 0.25) is 0 Å². The Bertz CT molecular complexity index is 710. The number of rotatable bonds is 6. The van der Waals surface area contributed by atoms with Gasteiger partial charge in [-0.15, -0.1) is 11.3 Å². The number of benzene rings is 1. The quantitative estimate of drug-likeness (QED) is 0.747. The summed E-state index contributed by atoms with van der Waals surface area (Å²) < 4.78 is 6.03. The molecule has 2 heterocycles. The molecule has 0 saturated heterocycles. The van der Waals surface area contributed by atoms with Gasteiger partial charge in [0.15, 0.2) is 0 Å². The molecular formula is C17H18N2OS. The average molecular weight is 298 g/mol. The summed E-state index contributed by atoms with van der Waals surface area (Å²) in [6.07, 6.45) is 0. The molecule has 0 aliphatic heterocycles. The Morgan fingerprint density at radius 1 is 1.19 bits per heavy atom. The van der Waals surface area contributed by atoms with E-state index < -0.39 is 0 Å². The molecule has 0 unspecified atom stereocenters. The zero-order valence-corrected chi connectivity index (χ0v) is 12.8. The number of para-hydroxylation sites is 1. The monoisotopic (exact) mass is 298 g/mol. The van der Waals surface area contributed by atoms with Gasteiger partial charge in [-0.1, -0.05) is 25.1 Å². The summed E-state index contributed by atoms with van der Waals surface area (Å²) in [6, 6.07) is 14.3. The molecule has 0 spiro atoms. The van der Waals surface area contributed by atoms with Crippen molar-refractivity contribution < 1.29 is 4.74 Å². The Morgan fingerprint density at radius 2 is 2.10 bits per heavy atom. The van der Waals surface area contributed by atoms with Gasteiger partial charge in [-0.05, 0) is 30.1 Å². The number of thiophene rings is 1. The highest BCUT2D eigenvalue weighted by molar-refractivity contribution is 7.09. The molecule has 0 radical (unpaired) electrons. The molecule has 0 aliphatic rings. The summed E-state index contributed by atoms with van der Waals surface area (Å²) in [6.45, 7) is 4.39. The van der Waals surface area contributed by atoms with Crippen LogP contribution in [0.4, 0.5) is 0 Å². The second-order valence-corrected chi connectivity index (χ2v) is 5.81. The number of nitrogens with one attached hydrogen (secondary N) is 1. The van der Waals surface area contributed by atoms with Gasteiger partial charge in [0.25, 0.3) is 0 Å². The van der Waals surface area contributed by atoms with E-state index in [4.69, 9.17) is 4.74 Å². The van der Waals surface area contributed by atoms with E-state index in [1.54, 1.807) is 11.3 Å². The molecule has 3 aromatic rings. The van der Waals surface area contributed by atoms with Crippen LogP contribution in [0.2, 0.25) is 0 Å². The molecule has 3 nitrogen and oxygen atoms in total. The fourth-order valence-electron chi connectivity index (χ4n) is 2.20. The van der Waals surface area contributed by atoms with E-state index in [1.807, 2.05) is 30.3 Å². The molecule has 1 N–H and O–H groups in total. The Hall–Kier alpha value is -1.91. The smallest absolute Gasteiger partial charge is 0.131 e. The standard InChI is InChI=1S/C17H18N2OS/c1-2-18-11-13-10-17(20-12-14-6-5-9-21-14)15-7-3-4-8-16(15)19-13/h3-10,18H,2,11-12H2,1H3. The molecule has 0 atom stereocenters. The Labute approximate surface area is 128 Å². The summed E-state index contributed by atoms with van der Waals surface area (Å²) in [5.74, 6) is 0.905. The van der Waals surface area contributed by atoms with Crippen molar-refractivity contribution in [3.8, 4) is 5.75 Å². The van der Waals surface area contributed by atoms with Crippen LogP contribution in [-0.2, 0) is 13.2 Å². The number of hydrogen-bond donors (Lipinski definition) is 1. The minimum atomic E-state index is 0.603. The summed E-state index contributed by atoms with van der Waals surface area (Å²) in [5.41, 5.74) is 1.99. The summed E-state index contributed by atoms with van der Waals surface area (Å²) >= 11 is 1.71. The zero-order chi connectivity index (χ0) is 14.5. The minimum Gasteiger partial charge on any atom is -0.487 e. The maximum absolute atomic E-state index is 6.03. The maximum atomic E-state index is 6.03. The van der Waals surface area contributed by atoms with Crippen molar-refractivity contribution in [1.82, 2.24) is 10.3 Å². The van der Waals surface area contributed by atoms with Crippen LogP contribution in [0.5, 0.6) is 5.75 Å². The first-order valence-electron chi connectivity index (χ1n) is 7.11. The van der Waals surface area contributed by atoms with Gasteiger partial charge in [0.05, 0.1) is 11.2 Å². The van der Waals surface area contributed by atoms with Gasteiger partial charge >= 0.3 is 0 Å². The highest BCUT2D eigenvalue weighted by Crippen LogP contribution is 2.26. The molecule has 21 heavy (non-hydrogen) atoms. The van der Waals surface area contributed by atoms with E-state index in [1.165, 1.54) is 4.88 Å². The second-order valence-electron chi connectivity index (χ2n) is 4.78. The lowest BCUT2D eigenvalue weighted by molar-refractivity contribution is 0.313. The van der Waals surface area contributed by atoms with Crippen LogP contribution in [0.25, 0.3) is 10.9 Å². The predicted molar refractivity (Wildman–Crippen MR) is 87.8 cm³/mol. The van der Waals surface area contributed by atoms with Crippen molar-refractivity contribution in [2.24, 2.45) is 0 Å². The largest absolute Gasteiger partial charge is 0.487 e. The Morgan fingerprint density at radius 3 is 2.90 bits per heavy atom. The van der Waals surface area contributed by atoms with E-state index in [2.05, 4.69) is 34.7 Å². The first kappa shape index (κ1) is 14.0. The highest BCUT2D eigenvalue weighted by Gasteiger charge is 2.07. The van der Waals surface area contributed by atoms with E-state index in [9.17, 15) is 0 Å². The highest BCUT2D eigenvalue weighted by atomic mass is 32.1. The van der Waals surface area contributed by atoms with E-state index in [0.29, 0.717) is 6.61 Å². The predicted octanol–water partition coefficient (Wildman–Crippen LogP) is 3.98. The third-order valence-electron chi connectivity index (χ3n) is 3.24. The number of pyridine rings is 1. The number of aromatic nitrogens is 1. The molecule has 0 bridgehead atoms. The minimum absolute atomic E-state index is 0.603. The third kappa shape index (κ3) is 3.40. The number of nitrogens with zero attached hydrogens (tertiary/aromatic N) is 1. The van der Waals surface area contributed by atoms with Crippen LogP contribution < -0.4 is 10.1 Å². The molecule has 0 saturated carbocycles. The Kier molecular flexibility index (Phi) is 4.48. The molecule has 3 rings (SSSR count). The Balaban J connectivity index is 1.90. The van der Waals surface area contributed by atoms with Crippen LogP contribution in [0.1, 0.15) is 17.5 Å². The molecular weight excluding hydrogens is 280 g/mol. The fourth-order valence-corrected chi connectivity index (χ4v) is 2.82. The van der Waals surface area contributed by atoms with Gasteiger partial charge < -0.3 is 10.1 Å². The number of fused-ring (bicyclic) bond motifs is 1. The van der Waals surface area contributed by atoms with Gasteiger partial charge in [-0.2, -0.15) is 0 Å². The van der Waals surface area contributed by atoms with Gasteiger partial charge in [-0.3, -0.25) is 4.98 Å². The molecule has 0 amide bonds. The molecule has 4 heteroatoms. The number of ether oxygens (including phenoxy) is 1. The van der Waals surface area contributed by atoms with E-state index in [0.717, 1.165) is 35.4 Å². The van der Waals surface area contributed by atoms with E-state index >= 15 is 0 Å². The van der Waals surface area contributed by atoms with Crippen molar-refractivity contribution >= 4 is 22.2 Å². The second kappa shape index (κ2) is 6.70. The zero-order valence-electron chi connectivity index (χ0n) is 12.0. The van der Waals surface area contributed by atoms with Gasteiger partial charge in [0.1, 0.15) is 12.4 Å². The molecule has 108 valence electrons. The van der Waals surface area contributed by atoms with Crippen molar-refractivity contribution in [2.45, 2.75) is 20.1 Å². The lowest BCUT2D eigenvalue weighted by atomic mass is 10.2. The summed E-state index contributed by atoms with van der Waals surface area (Å²) in [7, 11) is 0. The maximum Gasteiger partial charge on any atom is 0.131 e. The van der Waals surface area contributed by atoms with Crippen molar-refractivity contribution in [2.75, 3.05) is 6.54 Å². The van der Waals surface area contributed by atoms with E-state index in [-0.39, 0.29) is 0 Å². The summed E-state index contributed by atoms with van der Waals surface area (Å²) in [4.78, 5) is 5.90. The topological polar surface area (TPSA) is 34.1 Å². The third-order valence-corrected chi connectivity index (χ3v) is 4.09.